The van der Waals surface area contributed by atoms with Crippen molar-refractivity contribution in [3.8, 4) is 0 Å². The van der Waals surface area contributed by atoms with E-state index in [1.807, 2.05) is 6.26 Å². The molecule has 4 heteroatoms. The summed E-state index contributed by atoms with van der Waals surface area (Å²) in [5.74, 6) is 1.02. The molecule has 0 spiro atoms. The van der Waals surface area contributed by atoms with E-state index in [1.54, 1.807) is 0 Å². The monoisotopic (exact) mass is 350 g/mol. The van der Waals surface area contributed by atoms with Crippen LogP contribution in [0.5, 0.6) is 0 Å². The molecule has 1 heterocycles. The molecule has 0 unspecified atom stereocenters. The zero-order valence-electron chi connectivity index (χ0n) is 12.7. The van der Waals surface area contributed by atoms with Crippen molar-refractivity contribution in [3.63, 3.8) is 0 Å². The number of nitrogens with one attached hydrogen (secondary N) is 1. The fraction of sp³-hybridized carbons (Fsp3) is 0.412. The predicted molar refractivity (Wildman–Crippen MR) is 90.0 cm³/mol. The third-order valence-corrected chi connectivity index (χ3v) is 3.78. The number of rotatable bonds is 8. The highest BCUT2D eigenvalue weighted by Gasteiger charge is 2.06. The van der Waals surface area contributed by atoms with Gasteiger partial charge in [-0.15, -0.1) is 0 Å². The number of benzene rings is 1. The molecular formula is C17H23BrN2O. The van der Waals surface area contributed by atoms with Crippen molar-refractivity contribution in [1.82, 2.24) is 10.2 Å². The lowest BCUT2D eigenvalue weighted by atomic mass is 10.2. The van der Waals surface area contributed by atoms with E-state index in [1.165, 1.54) is 11.1 Å². The van der Waals surface area contributed by atoms with Gasteiger partial charge in [0.15, 0.2) is 0 Å². The van der Waals surface area contributed by atoms with Gasteiger partial charge >= 0.3 is 0 Å². The van der Waals surface area contributed by atoms with Crippen molar-refractivity contribution < 1.29 is 4.42 Å². The molecule has 0 amide bonds. The van der Waals surface area contributed by atoms with E-state index in [0.29, 0.717) is 0 Å². The molecule has 0 aliphatic carbocycles. The minimum atomic E-state index is 0.823. The highest BCUT2D eigenvalue weighted by molar-refractivity contribution is 9.10. The molecule has 0 radical (unpaired) electrons. The van der Waals surface area contributed by atoms with Crippen LogP contribution in [-0.4, -0.2) is 18.5 Å². The van der Waals surface area contributed by atoms with E-state index in [2.05, 4.69) is 70.4 Å². The maximum absolute atomic E-state index is 5.63. The molecule has 0 saturated heterocycles. The lowest BCUT2D eigenvalue weighted by Gasteiger charge is -2.15. The zero-order chi connectivity index (χ0) is 15.1. The summed E-state index contributed by atoms with van der Waals surface area (Å²) in [5, 5.41) is 3.39. The smallest absolute Gasteiger partial charge is 0.118 e. The molecule has 0 saturated carbocycles. The molecule has 1 aromatic carbocycles. The van der Waals surface area contributed by atoms with Gasteiger partial charge in [-0.1, -0.05) is 35.0 Å². The van der Waals surface area contributed by atoms with Gasteiger partial charge in [0, 0.05) is 23.1 Å². The van der Waals surface area contributed by atoms with Crippen LogP contribution in [0.25, 0.3) is 0 Å². The molecule has 0 aliphatic rings. The summed E-state index contributed by atoms with van der Waals surface area (Å²) in [4.78, 5) is 2.26. The maximum Gasteiger partial charge on any atom is 0.118 e. The second-order valence-corrected chi connectivity index (χ2v) is 6.31. The highest BCUT2D eigenvalue weighted by Crippen LogP contribution is 2.14. The van der Waals surface area contributed by atoms with Crippen LogP contribution in [0.1, 0.15) is 30.2 Å². The molecule has 0 fully saturated rings. The van der Waals surface area contributed by atoms with Crippen molar-refractivity contribution >= 4 is 15.9 Å². The van der Waals surface area contributed by atoms with Crippen LogP contribution in [0.3, 0.4) is 0 Å². The van der Waals surface area contributed by atoms with Crippen molar-refractivity contribution in [2.45, 2.75) is 33.0 Å². The van der Waals surface area contributed by atoms with E-state index in [0.717, 1.165) is 42.8 Å². The first-order valence-corrected chi connectivity index (χ1v) is 8.16. The topological polar surface area (TPSA) is 28.4 Å². The molecule has 0 bridgehead atoms. The first kappa shape index (κ1) is 16.3. The minimum Gasteiger partial charge on any atom is -0.468 e. The molecule has 1 N–H and O–H groups in total. The Bertz CT molecular complexity index is 536. The van der Waals surface area contributed by atoms with Crippen LogP contribution in [0.4, 0.5) is 0 Å². The Hall–Kier alpha value is -1.10. The SMILES string of the molecule is CCCNCc1coc(CN(C)Cc2ccc(Br)cc2)c1. The third-order valence-electron chi connectivity index (χ3n) is 3.26. The first-order valence-electron chi connectivity index (χ1n) is 7.37. The van der Waals surface area contributed by atoms with Gasteiger partial charge in [0.2, 0.25) is 0 Å². The molecule has 21 heavy (non-hydrogen) atoms. The standard InChI is InChI=1S/C17H23BrN2O/c1-3-8-19-10-15-9-17(21-13-15)12-20(2)11-14-4-6-16(18)7-5-14/h4-7,9,13,19H,3,8,10-12H2,1-2H3. The van der Waals surface area contributed by atoms with Gasteiger partial charge in [0.25, 0.3) is 0 Å². The number of hydrogen-bond acceptors (Lipinski definition) is 3. The summed E-state index contributed by atoms with van der Waals surface area (Å²) in [7, 11) is 2.11. The van der Waals surface area contributed by atoms with E-state index in [-0.39, 0.29) is 0 Å². The molecule has 3 nitrogen and oxygen atoms in total. The zero-order valence-corrected chi connectivity index (χ0v) is 14.3. The Morgan fingerprint density at radius 1 is 1.14 bits per heavy atom. The van der Waals surface area contributed by atoms with Crippen LogP contribution in [0.2, 0.25) is 0 Å². The summed E-state index contributed by atoms with van der Waals surface area (Å²) < 4.78 is 6.75. The molecule has 2 aromatic rings. The third kappa shape index (κ3) is 5.65. The Balaban J connectivity index is 1.82. The normalized spacial score (nSPS) is 11.2. The molecular weight excluding hydrogens is 328 g/mol. The van der Waals surface area contributed by atoms with Gasteiger partial charge in [-0.3, -0.25) is 4.90 Å². The molecule has 1 aromatic heterocycles. The summed E-state index contributed by atoms with van der Waals surface area (Å²) >= 11 is 3.46. The quantitative estimate of drug-likeness (QED) is 0.724. The predicted octanol–water partition coefficient (Wildman–Crippen LogP) is 4.17. The fourth-order valence-corrected chi connectivity index (χ4v) is 2.50. The van der Waals surface area contributed by atoms with Crippen LogP contribution in [0, 0.1) is 0 Å². The average Bonchev–Trinajstić information content (AvgIpc) is 2.89. The largest absolute Gasteiger partial charge is 0.468 e. The Morgan fingerprint density at radius 2 is 1.90 bits per heavy atom. The van der Waals surface area contributed by atoms with E-state index in [9.17, 15) is 0 Å². The van der Waals surface area contributed by atoms with Crippen molar-refractivity contribution in [2.24, 2.45) is 0 Å². The van der Waals surface area contributed by atoms with E-state index < -0.39 is 0 Å². The summed E-state index contributed by atoms with van der Waals surface area (Å²) in [6.07, 6.45) is 3.01. The van der Waals surface area contributed by atoms with Crippen LogP contribution in [0.15, 0.2) is 45.5 Å². The van der Waals surface area contributed by atoms with Crippen LogP contribution in [-0.2, 0) is 19.6 Å². The van der Waals surface area contributed by atoms with Crippen LogP contribution >= 0.6 is 15.9 Å². The maximum atomic E-state index is 5.63. The molecule has 0 atom stereocenters. The van der Waals surface area contributed by atoms with Gasteiger partial charge in [-0.2, -0.15) is 0 Å². The second kappa shape index (κ2) is 8.37. The lowest BCUT2D eigenvalue weighted by Crippen LogP contribution is -2.16. The summed E-state index contributed by atoms with van der Waals surface area (Å²) in [5.41, 5.74) is 2.52. The van der Waals surface area contributed by atoms with Gasteiger partial charge < -0.3 is 9.73 Å². The number of furan rings is 1. The number of nitrogens with zero attached hydrogens (tertiary/aromatic N) is 1. The fourth-order valence-electron chi connectivity index (χ4n) is 2.23. The Morgan fingerprint density at radius 3 is 2.62 bits per heavy atom. The molecule has 2 rings (SSSR count). The van der Waals surface area contributed by atoms with Gasteiger partial charge in [-0.05, 0) is 43.8 Å². The number of halogens is 1. The minimum absolute atomic E-state index is 0.823. The van der Waals surface area contributed by atoms with Crippen molar-refractivity contribution in [1.29, 1.82) is 0 Å². The van der Waals surface area contributed by atoms with Gasteiger partial charge in [-0.25, -0.2) is 0 Å². The van der Waals surface area contributed by atoms with Crippen molar-refractivity contribution in [3.05, 3.63) is 58.0 Å². The highest BCUT2D eigenvalue weighted by atomic mass is 79.9. The van der Waals surface area contributed by atoms with E-state index in [4.69, 9.17) is 4.42 Å². The van der Waals surface area contributed by atoms with Gasteiger partial charge in [0.05, 0.1) is 12.8 Å². The van der Waals surface area contributed by atoms with Crippen LogP contribution < -0.4 is 5.32 Å². The van der Waals surface area contributed by atoms with E-state index >= 15 is 0 Å². The summed E-state index contributed by atoms with van der Waals surface area (Å²) in [6.45, 7) is 5.84. The average molecular weight is 351 g/mol. The molecule has 0 aliphatic heterocycles. The Labute approximate surface area is 135 Å². The van der Waals surface area contributed by atoms with Crippen molar-refractivity contribution in [2.75, 3.05) is 13.6 Å². The Kier molecular flexibility index (Phi) is 6.49. The summed E-state index contributed by atoms with van der Waals surface area (Å²) in [6, 6.07) is 10.6. The number of hydrogen-bond donors (Lipinski definition) is 1. The second-order valence-electron chi connectivity index (χ2n) is 5.40. The van der Waals surface area contributed by atoms with Gasteiger partial charge in [0.1, 0.15) is 5.76 Å². The molecule has 114 valence electrons. The first-order chi connectivity index (χ1) is 10.2. The lowest BCUT2D eigenvalue weighted by molar-refractivity contribution is 0.288.